The molecule has 0 aliphatic carbocycles. The zero-order chi connectivity index (χ0) is 19.8. The Morgan fingerprint density at radius 2 is 1.56 bits per heavy atom. The van der Waals surface area contributed by atoms with E-state index in [1.165, 1.54) is 10.4 Å². The highest BCUT2D eigenvalue weighted by molar-refractivity contribution is 7.10. The highest BCUT2D eigenvalue weighted by Gasteiger charge is 2.33. The molecule has 4 heteroatoms. The molecule has 148 valence electrons. The molecule has 0 unspecified atom stereocenters. The molecule has 1 aliphatic heterocycles. The smallest absolute Gasteiger partial charge is 0.148 e. The van der Waals surface area contributed by atoms with Crippen molar-refractivity contribution < 1.29 is 14.7 Å². The van der Waals surface area contributed by atoms with Crippen LogP contribution in [0.4, 0.5) is 0 Å². The van der Waals surface area contributed by atoms with Crippen LogP contribution in [-0.4, -0.2) is 31.4 Å². The summed E-state index contributed by atoms with van der Waals surface area (Å²) in [4.78, 5) is 2.94. The van der Waals surface area contributed by atoms with E-state index in [0.29, 0.717) is 5.75 Å². The van der Waals surface area contributed by atoms with Gasteiger partial charge in [-0.15, -0.1) is 11.3 Å². The van der Waals surface area contributed by atoms with Gasteiger partial charge in [0.2, 0.25) is 0 Å². The Morgan fingerprint density at radius 1 is 1.00 bits per heavy atom. The lowest BCUT2D eigenvalue weighted by Crippen LogP contribution is -3.14. The largest absolute Gasteiger partial charge is 0.507 e. The molecule has 0 bridgehead atoms. The Hall–Kier alpha value is -1.36. The maximum absolute atomic E-state index is 11.1. The molecule has 1 aliphatic rings. The van der Waals surface area contributed by atoms with E-state index in [1.54, 1.807) is 4.90 Å². The van der Waals surface area contributed by atoms with Gasteiger partial charge in [0.25, 0.3) is 0 Å². The van der Waals surface area contributed by atoms with E-state index in [-0.39, 0.29) is 16.9 Å². The minimum atomic E-state index is -0.111. The molecule has 2 N–H and O–H groups in total. The molecule has 1 aromatic heterocycles. The van der Waals surface area contributed by atoms with Crippen molar-refractivity contribution >= 4 is 11.3 Å². The molecule has 1 saturated heterocycles. The Labute approximate surface area is 168 Å². The van der Waals surface area contributed by atoms with E-state index in [1.807, 2.05) is 11.3 Å². The van der Waals surface area contributed by atoms with Crippen LogP contribution in [0.5, 0.6) is 5.75 Å². The molecule has 0 saturated carbocycles. The molecule has 1 atom stereocenters. The molecule has 2 heterocycles. The van der Waals surface area contributed by atoms with Crippen LogP contribution in [-0.2, 0) is 15.6 Å². The van der Waals surface area contributed by atoms with Crippen molar-refractivity contribution in [1.82, 2.24) is 0 Å². The number of phenolic OH excluding ortho intramolecular Hbond substituents is 1. The zero-order valence-electron chi connectivity index (χ0n) is 17.6. The van der Waals surface area contributed by atoms with Crippen molar-refractivity contribution in [1.29, 1.82) is 0 Å². The van der Waals surface area contributed by atoms with E-state index in [9.17, 15) is 5.11 Å². The van der Waals surface area contributed by atoms with Crippen molar-refractivity contribution in [3.05, 3.63) is 51.2 Å². The average Bonchev–Trinajstić information content (AvgIpc) is 3.09. The number of phenols is 1. The Morgan fingerprint density at radius 3 is 2.00 bits per heavy atom. The first-order valence-corrected chi connectivity index (χ1v) is 10.8. The van der Waals surface area contributed by atoms with Crippen molar-refractivity contribution in [3.63, 3.8) is 0 Å². The molecule has 1 fully saturated rings. The quantitative estimate of drug-likeness (QED) is 0.832. The van der Waals surface area contributed by atoms with Crippen LogP contribution in [0, 0.1) is 0 Å². The first-order chi connectivity index (χ1) is 12.6. The van der Waals surface area contributed by atoms with Crippen LogP contribution < -0.4 is 4.90 Å². The summed E-state index contributed by atoms with van der Waals surface area (Å²) in [6.45, 7) is 16.7. The summed E-state index contributed by atoms with van der Waals surface area (Å²) >= 11 is 1.83. The minimum absolute atomic E-state index is 0.111. The standard InChI is InChI=1S/C23H33NO2S/c1-22(2,3)17-14-16(15-18(21(17)25)23(4,5)6)20(19-8-7-13-27-19)24-9-11-26-12-10-24/h7-8,13-15,20,25H,9-12H2,1-6H3/p+1/t20-/m0/s1. The summed E-state index contributed by atoms with van der Waals surface area (Å²) in [6, 6.07) is 9.17. The van der Waals surface area contributed by atoms with Gasteiger partial charge in [0.1, 0.15) is 24.9 Å². The lowest BCUT2D eigenvalue weighted by atomic mass is 9.77. The van der Waals surface area contributed by atoms with E-state index in [2.05, 4.69) is 71.2 Å². The maximum Gasteiger partial charge on any atom is 0.148 e. The predicted octanol–water partition coefficient (Wildman–Crippen LogP) is 4.05. The lowest BCUT2D eigenvalue weighted by molar-refractivity contribution is -0.932. The van der Waals surface area contributed by atoms with Gasteiger partial charge in [0.05, 0.1) is 18.1 Å². The molecule has 3 nitrogen and oxygen atoms in total. The van der Waals surface area contributed by atoms with Crippen LogP contribution in [0.15, 0.2) is 29.6 Å². The maximum atomic E-state index is 11.1. The summed E-state index contributed by atoms with van der Waals surface area (Å²) in [5, 5.41) is 13.2. The highest BCUT2D eigenvalue weighted by atomic mass is 32.1. The molecule has 0 amide bonds. The fourth-order valence-electron chi connectivity index (χ4n) is 3.95. The molecule has 3 rings (SSSR count). The number of aromatic hydroxyl groups is 1. The van der Waals surface area contributed by atoms with Crippen LogP contribution >= 0.6 is 11.3 Å². The van der Waals surface area contributed by atoms with E-state index >= 15 is 0 Å². The SMILES string of the molecule is CC(C)(C)c1cc([C@@H](c2cccs2)[NH+]2CCOCC2)cc(C(C)(C)C)c1O. The van der Waals surface area contributed by atoms with Gasteiger partial charge >= 0.3 is 0 Å². The van der Waals surface area contributed by atoms with Gasteiger partial charge in [-0.1, -0.05) is 47.6 Å². The van der Waals surface area contributed by atoms with E-state index in [4.69, 9.17) is 4.74 Å². The van der Waals surface area contributed by atoms with Gasteiger partial charge in [-0.2, -0.15) is 0 Å². The van der Waals surface area contributed by atoms with Crippen molar-refractivity contribution in [2.75, 3.05) is 26.3 Å². The first-order valence-electron chi connectivity index (χ1n) is 9.92. The number of nitrogens with one attached hydrogen (secondary N) is 1. The average molecular weight is 389 g/mol. The summed E-state index contributed by atoms with van der Waals surface area (Å²) in [6.07, 6.45) is 0. The third-order valence-electron chi connectivity index (χ3n) is 5.45. The summed E-state index contributed by atoms with van der Waals surface area (Å²) in [5.74, 6) is 0.459. The van der Waals surface area contributed by atoms with Gasteiger partial charge in [-0.05, 0) is 34.4 Å². The normalized spacial score (nSPS) is 17.9. The fraction of sp³-hybridized carbons (Fsp3) is 0.565. The van der Waals surface area contributed by atoms with Crippen molar-refractivity contribution in [3.8, 4) is 5.75 Å². The van der Waals surface area contributed by atoms with E-state index < -0.39 is 0 Å². The van der Waals surface area contributed by atoms with E-state index in [0.717, 1.165) is 37.4 Å². The number of benzene rings is 1. The van der Waals surface area contributed by atoms with Crippen LogP contribution in [0.2, 0.25) is 0 Å². The lowest BCUT2D eigenvalue weighted by Gasteiger charge is -2.34. The van der Waals surface area contributed by atoms with Crippen molar-refractivity contribution in [2.45, 2.75) is 58.4 Å². The van der Waals surface area contributed by atoms with Crippen molar-refractivity contribution in [2.24, 2.45) is 0 Å². The molecular formula is C23H34NO2S+. The topological polar surface area (TPSA) is 33.9 Å². The Bertz CT molecular complexity index is 728. The van der Waals surface area contributed by atoms with Gasteiger partial charge in [-0.25, -0.2) is 0 Å². The number of hydrogen-bond acceptors (Lipinski definition) is 3. The first kappa shape index (κ1) is 20.4. The van der Waals surface area contributed by atoms with Gasteiger partial charge in [0, 0.05) is 16.7 Å². The van der Waals surface area contributed by atoms with Gasteiger partial charge < -0.3 is 14.7 Å². The summed E-state index contributed by atoms with van der Waals surface area (Å²) in [5.41, 5.74) is 3.17. The third kappa shape index (κ3) is 4.39. The molecule has 0 radical (unpaired) electrons. The minimum Gasteiger partial charge on any atom is -0.507 e. The Kier molecular flexibility index (Phi) is 5.72. The second kappa shape index (κ2) is 7.57. The number of morpholine rings is 1. The Balaban J connectivity index is 2.19. The summed E-state index contributed by atoms with van der Waals surface area (Å²) < 4.78 is 5.62. The molecule has 0 spiro atoms. The molecule has 1 aromatic carbocycles. The van der Waals surface area contributed by atoms with Crippen LogP contribution in [0.1, 0.15) is 69.2 Å². The number of thiophene rings is 1. The predicted molar refractivity (Wildman–Crippen MR) is 113 cm³/mol. The zero-order valence-corrected chi connectivity index (χ0v) is 18.4. The highest BCUT2D eigenvalue weighted by Crippen LogP contribution is 2.41. The second-order valence-corrected chi connectivity index (χ2v) is 10.7. The molecular weight excluding hydrogens is 354 g/mol. The second-order valence-electron chi connectivity index (χ2n) is 9.68. The number of quaternary nitrogens is 1. The fourth-order valence-corrected chi connectivity index (χ4v) is 4.86. The third-order valence-corrected chi connectivity index (χ3v) is 6.39. The number of ether oxygens (including phenoxy) is 1. The van der Waals surface area contributed by atoms with Gasteiger partial charge in [-0.3, -0.25) is 0 Å². The molecule has 27 heavy (non-hydrogen) atoms. The monoisotopic (exact) mass is 388 g/mol. The molecule has 2 aromatic rings. The van der Waals surface area contributed by atoms with Crippen LogP contribution in [0.3, 0.4) is 0 Å². The summed E-state index contributed by atoms with van der Waals surface area (Å²) in [7, 11) is 0. The van der Waals surface area contributed by atoms with Gasteiger partial charge in [0.15, 0.2) is 0 Å². The number of hydrogen-bond donors (Lipinski definition) is 2. The number of rotatable bonds is 3. The van der Waals surface area contributed by atoms with Crippen LogP contribution in [0.25, 0.3) is 0 Å².